The van der Waals surface area contributed by atoms with E-state index >= 15 is 0 Å². The van der Waals surface area contributed by atoms with Gasteiger partial charge in [-0.05, 0) is 37.8 Å². The van der Waals surface area contributed by atoms with Gasteiger partial charge in [-0.3, -0.25) is 14.5 Å². The second-order valence-corrected chi connectivity index (χ2v) is 9.15. The van der Waals surface area contributed by atoms with E-state index in [9.17, 15) is 9.59 Å². The molecule has 3 heterocycles. The van der Waals surface area contributed by atoms with Gasteiger partial charge in [-0.25, -0.2) is 0 Å². The number of rotatable bonds is 2. The molecule has 1 unspecified atom stereocenters. The molecule has 2 amide bonds. The van der Waals surface area contributed by atoms with Crippen LogP contribution in [0.1, 0.15) is 48.9 Å². The number of carbonyl (C=O) groups is 2. The number of ether oxygens (including phenoxy) is 2. The molecule has 2 fully saturated rings. The molecule has 1 atom stereocenters. The van der Waals surface area contributed by atoms with E-state index in [4.69, 9.17) is 9.47 Å². The fraction of sp³-hybridized carbons (Fsp3) is 0.667. The highest BCUT2D eigenvalue weighted by Gasteiger charge is 2.37. The predicted molar refractivity (Wildman–Crippen MR) is 118 cm³/mol. The lowest BCUT2D eigenvalue weighted by molar-refractivity contribution is -0.137. The first-order valence-electron chi connectivity index (χ1n) is 11.7. The number of benzene rings is 1. The molecule has 0 aromatic heterocycles. The van der Waals surface area contributed by atoms with Crippen molar-refractivity contribution in [2.45, 2.75) is 38.5 Å². The standard InChI is InChI=1S/C24H35N3O4/c28-22(17-26-12-15-30-16-13-26)27-11-6-10-24(19-27)9-4-1-5-14-31-21-8-3-2-7-20(21)23(29)25-18-24/h2-3,7-8H,1,4-6,9-19H2,(H,25,29). The zero-order chi connectivity index (χ0) is 21.5. The molecule has 4 rings (SSSR count). The van der Waals surface area contributed by atoms with Gasteiger partial charge in [0.2, 0.25) is 5.91 Å². The Morgan fingerprint density at radius 3 is 2.68 bits per heavy atom. The van der Waals surface area contributed by atoms with Crippen LogP contribution in [0.2, 0.25) is 0 Å². The summed E-state index contributed by atoms with van der Waals surface area (Å²) >= 11 is 0. The minimum absolute atomic E-state index is 0.0520. The smallest absolute Gasteiger partial charge is 0.255 e. The van der Waals surface area contributed by atoms with Gasteiger partial charge in [0, 0.05) is 38.1 Å². The van der Waals surface area contributed by atoms with Crippen molar-refractivity contribution in [2.75, 3.05) is 59.1 Å². The van der Waals surface area contributed by atoms with E-state index in [1.165, 1.54) is 0 Å². The summed E-state index contributed by atoms with van der Waals surface area (Å²) in [4.78, 5) is 30.2. The van der Waals surface area contributed by atoms with Crippen molar-refractivity contribution in [1.29, 1.82) is 0 Å². The van der Waals surface area contributed by atoms with E-state index in [0.717, 1.165) is 64.7 Å². The Bertz CT molecular complexity index is 765. The second-order valence-electron chi connectivity index (χ2n) is 9.15. The maximum atomic E-state index is 13.0. The van der Waals surface area contributed by atoms with Crippen LogP contribution >= 0.6 is 0 Å². The number of hydrogen-bond donors (Lipinski definition) is 1. The number of morpholine rings is 1. The molecule has 31 heavy (non-hydrogen) atoms. The van der Waals surface area contributed by atoms with E-state index in [0.29, 0.717) is 44.2 Å². The average molecular weight is 430 g/mol. The molecular formula is C24H35N3O4. The molecule has 0 saturated carbocycles. The maximum absolute atomic E-state index is 13.0. The summed E-state index contributed by atoms with van der Waals surface area (Å²) in [6.45, 7) is 6.29. The van der Waals surface area contributed by atoms with Crippen molar-refractivity contribution < 1.29 is 19.1 Å². The first kappa shape index (κ1) is 22.1. The fourth-order valence-electron chi connectivity index (χ4n) is 5.01. The number of likely N-dealkylation sites (tertiary alicyclic amines) is 1. The lowest BCUT2D eigenvalue weighted by Gasteiger charge is -2.44. The number of para-hydroxylation sites is 1. The molecule has 1 aromatic rings. The van der Waals surface area contributed by atoms with Crippen LogP contribution < -0.4 is 10.1 Å². The molecular weight excluding hydrogens is 394 g/mol. The first-order valence-corrected chi connectivity index (χ1v) is 11.7. The quantitative estimate of drug-likeness (QED) is 0.781. The Kier molecular flexibility index (Phi) is 7.45. The fourth-order valence-corrected chi connectivity index (χ4v) is 5.01. The summed E-state index contributed by atoms with van der Waals surface area (Å²) in [5.74, 6) is 0.769. The van der Waals surface area contributed by atoms with Crippen LogP contribution in [0.25, 0.3) is 0 Å². The van der Waals surface area contributed by atoms with Crippen molar-refractivity contribution >= 4 is 11.8 Å². The molecule has 1 spiro atoms. The first-order chi connectivity index (χ1) is 15.2. The van der Waals surface area contributed by atoms with Crippen molar-refractivity contribution in [2.24, 2.45) is 5.41 Å². The molecule has 7 nitrogen and oxygen atoms in total. The number of nitrogens with one attached hydrogen (secondary N) is 1. The SMILES string of the molecule is O=C1NCC2(CCCCCOc3ccccc31)CCCN(C(=O)CN1CCOCC1)C2. The topological polar surface area (TPSA) is 71.1 Å². The van der Waals surface area contributed by atoms with Gasteiger partial charge < -0.3 is 19.7 Å². The zero-order valence-corrected chi connectivity index (χ0v) is 18.4. The van der Waals surface area contributed by atoms with Gasteiger partial charge in [-0.1, -0.05) is 25.0 Å². The van der Waals surface area contributed by atoms with Gasteiger partial charge in [-0.2, -0.15) is 0 Å². The number of carbonyl (C=O) groups excluding carboxylic acids is 2. The summed E-state index contributed by atoms with van der Waals surface area (Å²) in [5, 5.41) is 3.17. The van der Waals surface area contributed by atoms with Gasteiger partial charge in [0.1, 0.15) is 5.75 Å². The highest BCUT2D eigenvalue weighted by atomic mass is 16.5. The Hall–Kier alpha value is -2.12. The summed E-state index contributed by atoms with van der Waals surface area (Å²) in [6.07, 6.45) is 6.23. The van der Waals surface area contributed by atoms with Crippen molar-refractivity contribution in [3.63, 3.8) is 0 Å². The minimum Gasteiger partial charge on any atom is -0.493 e. The van der Waals surface area contributed by atoms with Crippen LogP contribution in [0.15, 0.2) is 24.3 Å². The minimum atomic E-state index is -0.0904. The van der Waals surface area contributed by atoms with Crippen molar-refractivity contribution in [3.05, 3.63) is 29.8 Å². The maximum Gasteiger partial charge on any atom is 0.255 e. The summed E-state index contributed by atoms with van der Waals surface area (Å²) < 4.78 is 11.3. The Morgan fingerprint density at radius 1 is 1.00 bits per heavy atom. The summed E-state index contributed by atoms with van der Waals surface area (Å²) in [6, 6.07) is 7.46. The third kappa shape index (κ3) is 5.77. The number of fused-ring (bicyclic) bond motifs is 1. The lowest BCUT2D eigenvalue weighted by Crippen LogP contribution is -2.53. The third-order valence-electron chi connectivity index (χ3n) is 6.84. The van der Waals surface area contributed by atoms with Crippen molar-refractivity contribution in [3.8, 4) is 5.75 Å². The van der Waals surface area contributed by atoms with Crippen LogP contribution in [0.5, 0.6) is 5.75 Å². The normalized spacial score (nSPS) is 26.2. The highest BCUT2D eigenvalue weighted by molar-refractivity contribution is 5.96. The molecule has 0 aliphatic carbocycles. The second kappa shape index (κ2) is 10.5. The zero-order valence-electron chi connectivity index (χ0n) is 18.4. The van der Waals surface area contributed by atoms with E-state index in [2.05, 4.69) is 10.2 Å². The lowest BCUT2D eigenvalue weighted by atomic mass is 9.75. The van der Waals surface area contributed by atoms with Crippen LogP contribution in [0.4, 0.5) is 0 Å². The molecule has 3 aliphatic heterocycles. The Balaban J connectivity index is 1.44. The molecule has 1 N–H and O–H groups in total. The molecule has 0 radical (unpaired) electrons. The van der Waals surface area contributed by atoms with E-state index < -0.39 is 0 Å². The molecule has 1 aromatic carbocycles. The number of nitrogens with zero attached hydrogens (tertiary/aromatic N) is 2. The molecule has 170 valence electrons. The highest BCUT2D eigenvalue weighted by Crippen LogP contribution is 2.35. The molecule has 3 aliphatic rings. The molecule has 2 saturated heterocycles. The third-order valence-corrected chi connectivity index (χ3v) is 6.84. The monoisotopic (exact) mass is 429 g/mol. The number of hydrogen-bond acceptors (Lipinski definition) is 5. The van der Waals surface area contributed by atoms with Crippen LogP contribution in [0, 0.1) is 5.41 Å². The van der Waals surface area contributed by atoms with Gasteiger partial charge in [0.05, 0.1) is 31.9 Å². The van der Waals surface area contributed by atoms with Crippen molar-refractivity contribution in [1.82, 2.24) is 15.1 Å². The number of piperidine rings is 1. The van der Waals surface area contributed by atoms with Crippen LogP contribution in [0.3, 0.4) is 0 Å². The predicted octanol–water partition coefficient (Wildman–Crippen LogP) is 2.31. The average Bonchev–Trinajstić information content (AvgIpc) is 2.80. The van der Waals surface area contributed by atoms with Crippen LogP contribution in [-0.2, 0) is 9.53 Å². The Labute approximate surface area is 185 Å². The number of amides is 2. The van der Waals surface area contributed by atoms with Gasteiger partial charge >= 0.3 is 0 Å². The van der Waals surface area contributed by atoms with E-state index in [1.54, 1.807) is 0 Å². The van der Waals surface area contributed by atoms with E-state index in [-0.39, 0.29) is 17.2 Å². The van der Waals surface area contributed by atoms with Gasteiger partial charge in [0.15, 0.2) is 0 Å². The van der Waals surface area contributed by atoms with Gasteiger partial charge in [0.25, 0.3) is 5.91 Å². The largest absolute Gasteiger partial charge is 0.493 e. The van der Waals surface area contributed by atoms with E-state index in [1.807, 2.05) is 29.2 Å². The molecule has 0 bridgehead atoms. The molecule has 7 heteroatoms. The Morgan fingerprint density at radius 2 is 1.81 bits per heavy atom. The summed E-state index contributed by atoms with van der Waals surface area (Å²) in [7, 11) is 0. The summed E-state index contributed by atoms with van der Waals surface area (Å²) in [5.41, 5.74) is 0.540. The van der Waals surface area contributed by atoms with Gasteiger partial charge in [-0.15, -0.1) is 0 Å². The van der Waals surface area contributed by atoms with Crippen LogP contribution in [-0.4, -0.2) is 80.7 Å².